The first-order chi connectivity index (χ1) is 23.5. The lowest BCUT2D eigenvalue weighted by Crippen LogP contribution is -2.44. The van der Waals surface area contributed by atoms with Gasteiger partial charge in [-0.1, -0.05) is 38.1 Å². The third-order valence-corrected chi connectivity index (χ3v) is 10.7. The fraction of sp³-hybridized carbons (Fsp3) is 0.432. The van der Waals surface area contributed by atoms with Crippen LogP contribution in [0.25, 0.3) is 11.3 Å². The highest BCUT2D eigenvalue weighted by molar-refractivity contribution is 7.92. The van der Waals surface area contributed by atoms with E-state index in [4.69, 9.17) is 9.72 Å². The van der Waals surface area contributed by atoms with Crippen molar-refractivity contribution in [2.75, 3.05) is 22.8 Å². The highest BCUT2D eigenvalue weighted by atomic mass is 32.2. The maximum absolute atomic E-state index is 14.5. The van der Waals surface area contributed by atoms with E-state index in [2.05, 4.69) is 45.3 Å². The minimum absolute atomic E-state index is 0.0688. The maximum atomic E-state index is 14.5. The number of sulfonamides is 1. The van der Waals surface area contributed by atoms with Crippen LogP contribution in [0.4, 0.5) is 11.8 Å². The quantitative estimate of drug-likeness (QED) is 0.208. The minimum atomic E-state index is -4.17. The Hall–Kier alpha value is -4.58. The number of aromatic nitrogens is 4. The average molecular weight is 684 g/mol. The maximum Gasteiger partial charge on any atom is 0.264 e. The van der Waals surface area contributed by atoms with Crippen molar-refractivity contribution < 1.29 is 17.9 Å². The predicted molar refractivity (Wildman–Crippen MR) is 190 cm³/mol. The summed E-state index contributed by atoms with van der Waals surface area (Å²) in [7, 11) is -4.17. The van der Waals surface area contributed by atoms with Gasteiger partial charge in [0.15, 0.2) is 0 Å². The summed E-state index contributed by atoms with van der Waals surface area (Å²) in [6, 6.07) is 13.8. The lowest BCUT2D eigenvalue weighted by atomic mass is 9.91. The molecule has 1 aliphatic carbocycles. The molecule has 1 saturated carbocycles. The summed E-state index contributed by atoms with van der Waals surface area (Å²) in [5.74, 6) is 0.954. The first-order valence-corrected chi connectivity index (χ1v) is 18.6. The zero-order chi connectivity index (χ0) is 34.7. The van der Waals surface area contributed by atoms with Gasteiger partial charge < -0.3 is 14.5 Å². The van der Waals surface area contributed by atoms with Crippen LogP contribution < -0.4 is 14.4 Å². The summed E-state index contributed by atoms with van der Waals surface area (Å²) < 4.78 is 36.4. The summed E-state index contributed by atoms with van der Waals surface area (Å²) in [4.78, 5) is 37.1. The zero-order valence-electron chi connectivity index (χ0n) is 28.9. The number of ether oxygens (including phenoxy) is 1. The second-order valence-corrected chi connectivity index (χ2v) is 15.1. The van der Waals surface area contributed by atoms with Crippen LogP contribution in [0, 0.1) is 19.8 Å². The molecule has 2 aromatic carbocycles. The van der Waals surface area contributed by atoms with Crippen molar-refractivity contribution in [1.29, 1.82) is 0 Å². The van der Waals surface area contributed by atoms with E-state index >= 15 is 0 Å². The van der Waals surface area contributed by atoms with Crippen LogP contribution in [0.15, 0.2) is 65.8 Å². The minimum Gasteiger partial charge on any atom is -0.475 e. The Balaban J connectivity index is 1.44. The standard InChI is InChI=1S/C37H45N7O4S/c1-6-43(29-13-9-14-29)33-21-38-20-28(39-33)22-44-30(17-16-24(2)3)23-48-34-19-32(35-25(4)10-7-11-26(35)5)40-37(41-34)42-49(46,47)31-15-8-12-27(18-31)36(44)45/h7-8,10-12,15,18-21,24,29-30H,6,9,13-14,16-17,22-23H2,1-5H3,(H,40,41,42)/t30-/m1/s1. The van der Waals surface area contributed by atoms with Gasteiger partial charge in [-0.05, 0) is 88.1 Å². The molecular formula is C37H45N7O4S. The van der Waals surface area contributed by atoms with Gasteiger partial charge >= 0.3 is 0 Å². The van der Waals surface area contributed by atoms with Gasteiger partial charge in [0.1, 0.15) is 12.4 Å². The van der Waals surface area contributed by atoms with Crippen molar-refractivity contribution in [1.82, 2.24) is 24.8 Å². The van der Waals surface area contributed by atoms with Crippen molar-refractivity contribution in [2.45, 2.75) is 90.2 Å². The van der Waals surface area contributed by atoms with E-state index in [1.54, 1.807) is 35.5 Å². The van der Waals surface area contributed by atoms with Gasteiger partial charge in [0, 0.05) is 29.8 Å². The summed E-state index contributed by atoms with van der Waals surface area (Å²) in [6.07, 6.45) is 8.44. The summed E-state index contributed by atoms with van der Waals surface area (Å²) >= 11 is 0. The molecular weight excluding hydrogens is 639 g/mol. The van der Waals surface area contributed by atoms with E-state index < -0.39 is 10.0 Å². The molecule has 0 saturated heterocycles. The first kappa shape index (κ1) is 34.3. The number of hydrogen-bond acceptors (Lipinski definition) is 9. The van der Waals surface area contributed by atoms with Gasteiger partial charge in [0.2, 0.25) is 11.8 Å². The summed E-state index contributed by atoms with van der Waals surface area (Å²) in [6.45, 7) is 11.5. The lowest BCUT2D eigenvalue weighted by Gasteiger charge is -2.38. The molecule has 12 heteroatoms. The normalized spacial score (nSPS) is 17.6. The van der Waals surface area contributed by atoms with Crippen molar-refractivity contribution >= 4 is 27.7 Å². The number of hydrogen-bond donors (Lipinski definition) is 1. The average Bonchev–Trinajstić information content (AvgIpc) is 3.04. The number of fused-ring (bicyclic) bond motifs is 4. The molecule has 2 aliphatic rings. The number of amides is 1. The molecule has 11 nitrogen and oxygen atoms in total. The van der Waals surface area contributed by atoms with Crippen LogP contribution in [0.1, 0.15) is 80.1 Å². The van der Waals surface area contributed by atoms with Crippen LogP contribution in [-0.2, 0) is 16.6 Å². The Kier molecular flexibility index (Phi) is 10.1. The van der Waals surface area contributed by atoms with E-state index in [9.17, 15) is 13.2 Å². The molecule has 1 fully saturated rings. The van der Waals surface area contributed by atoms with Crippen molar-refractivity contribution in [3.8, 4) is 17.1 Å². The number of rotatable bonds is 9. The van der Waals surface area contributed by atoms with Crippen LogP contribution in [0.2, 0.25) is 0 Å². The van der Waals surface area contributed by atoms with Crippen molar-refractivity contribution in [3.05, 3.63) is 83.3 Å². The van der Waals surface area contributed by atoms with E-state index in [-0.39, 0.29) is 47.4 Å². The molecule has 4 aromatic rings. The number of aryl methyl sites for hydroxylation is 2. The number of nitrogens with one attached hydrogen (secondary N) is 1. The number of benzene rings is 2. The van der Waals surface area contributed by atoms with Crippen LogP contribution >= 0.6 is 0 Å². The Morgan fingerprint density at radius 3 is 2.47 bits per heavy atom. The third kappa shape index (κ3) is 7.69. The smallest absolute Gasteiger partial charge is 0.264 e. The molecule has 3 heterocycles. The molecule has 2 aromatic heterocycles. The predicted octanol–water partition coefficient (Wildman–Crippen LogP) is 6.57. The molecule has 0 radical (unpaired) electrons. The Morgan fingerprint density at radius 1 is 1.02 bits per heavy atom. The molecule has 1 atom stereocenters. The van der Waals surface area contributed by atoms with E-state index in [1.165, 1.54) is 18.6 Å². The van der Waals surface area contributed by atoms with Gasteiger partial charge in [-0.3, -0.25) is 9.78 Å². The first-order valence-electron chi connectivity index (χ1n) is 17.1. The SMILES string of the molecule is CCN(c1cncc(CN2C(=O)c3cccc(c3)S(=O)(=O)Nc3nc(cc(-c4c(C)cccc4C)n3)OC[C@H]2CCC(C)C)n1)C1CCC1. The second-order valence-electron chi connectivity index (χ2n) is 13.4. The Bertz CT molecular complexity index is 1910. The molecule has 258 valence electrons. The molecule has 0 unspecified atom stereocenters. The Labute approximate surface area is 289 Å². The lowest BCUT2D eigenvalue weighted by molar-refractivity contribution is 0.0560. The summed E-state index contributed by atoms with van der Waals surface area (Å²) in [5.41, 5.74) is 4.27. The van der Waals surface area contributed by atoms with Crippen molar-refractivity contribution in [3.63, 3.8) is 0 Å². The van der Waals surface area contributed by atoms with Gasteiger partial charge in [0.05, 0.1) is 41.3 Å². The number of carbonyl (C=O) groups is 1. The third-order valence-electron chi connectivity index (χ3n) is 9.41. The van der Waals surface area contributed by atoms with Gasteiger partial charge in [-0.15, -0.1) is 0 Å². The molecule has 1 N–H and O–H groups in total. The van der Waals surface area contributed by atoms with Crippen molar-refractivity contribution in [2.24, 2.45) is 5.92 Å². The highest BCUT2D eigenvalue weighted by Gasteiger charge is 2.30. The molecule has 0 spiro atoms. The summed E-state index contributed by atoms with van der Waals surface area (Å²) in [5, 5.41) is 0. The van der Waals surface area contributed by atoms with E-state index in [0.717, 1.165) is 48.3 Å². The van der Waals surface area contributed by atoms with Gasteiger partial charge in [-0.2, -0.15) is 4.98 Å². The highest BCUT2D eigenvalue weighted by Crippen LogP contribution is 2.31. The number of anilines is 2. The molecule has 4 bridgehead atoms. The zero-order valence-corrected chi connectivity index (χ0v) is 29.7. The fourth-order valence-electron chi connectivity index (χ4n) is 6.53. The molecule has 1 amide bonds. The topological polar surface area (TPSA) is 131 Å². The largest absolute Gasteiger partial charge is 0.475 e. The number of nitrogens with zero attached hydrogens (tertiary/aromatic N) is 6. The molecule has 49 heavy (non-hydrogen) atoms. The van der Waals surface area contributed by atoms with E-state index in [0.29, 0.717) is 29.8 Å². The van der Waals surface area contributed by atoms with Crippen LogP contribution in [0.5, 0.6) is 5.88 Å². The van der Waals surface area contributed by atoms with Crippen LogP contribution in [0.3, 0.4) is 0 Å². The Morgan fingerprint density at radius 2 is 1.78 bits per heavy atom. The molecule has 1 aliphatic heterocycles. The van der Waals surface area contributed by atoms with Gasteiger partial charge in [-0.25, -0.2) is 23.1 Å². The molecule has 6 rings (SSSR count). The second kappa shape index (κ2) is 14.5. The monoisotopic (exact) mass is 683 g/mol. The van der Waals surface area contributed by atoms with E-state index in [1.807, 2.05) is 32.0 Å². The van der Waals surface area contributed by atoms with Gasteiger partial charge in [0.25, 0.3) is 15.9 Å². The number of carbonyl (C=O) groups excluding carboxylic acids is 1. The fourth-order valence-corrected chi connectivity index (χ4v) is 7.51. The van der Waals surface area contributed by atoms with Crippen LogP contribution in [-0.4, -0.2) is 64.4 Å².